The third-order valence-electron chi connectivity index (χ3n) is 3.48. The highest BCUT2D eigenvalue weighted by atomic mass is 32.2. The lowest BCUT2D eigenvalue weighted by atomic mass is 10.1. The summed E-state index contributed by atoms with van der Waals surface area (Å²) in [4.78, 5) is 23.3. The smallest absolute Gasteiger partial charge is 0.335 e. The van der Waals surface area contributed by atoms with E-state index in [4.69, 9.17) is 15.0 Å². The van der Waals surface area contributed by atoms with Gasteiger partial charge in [0.25, 0.3) is 6.47 Å². The molecule has 0 saturated heterocycles. The van der Waals surface area contributed by atoms with E-state index < -0.39 is 16.0 Å². The molecule has 2 rings (SSSR count). The number of sulfonamides is 1. The highest BCUT2D eigenvalue weighted by molar-refractivity contribution is 7.89. The first-order valence-electron chi connectivity index (χ1n) is 7.79. The fourth-order valence-electron chi connectivity index (χ4n) is 2.15. The minimum atomic E-state index is -3.78. The molecule has 2 aromatic rings. The minimum absolute atomic E-state index is 0.0255. The average molecular weight is 395 g/mol. The van der Waals surface area contributed by atoms with Crippen molar-refractivity contribution in [3.05, 3.63) is 53.3 Å². The molecule has 0 aliphatic carbocycles. The SMILES string of the molecule is Cc1cnccc1NCCNS(=O)(=O)c1cc(C(=O)O)ccc1C.O=CO. The van der Waals surface area contributed by atoms with Crippen LogP contribution in [0.15, 0.2) is 41.6 Å². The molecule has 10 heteroatoms. The van der Waals surface area contributed by atoms with Crippen LogP contribution in [0.2, 0.25) is 0 Å². The summed E-state index contributed by atoms with van der Waals surface area (Å²) >= 11 is 0. The quantitative estimate of drug-likeness (QED) is 0.407. The van der Waals surface area contributed by atoms with E-state index in [0.717, 1.165) is 11.3 Å². The monoisotopic (exact) mass is 395 g/mol. The molecule has 0 saturated carbocycles. The predicted molar refractivity (Wildman–Crippen MR) is 99.5 cm³/mol. The summed E-state index contributed by atoms with van der Waals surface area (Å²) < 4.78 is 27.2. The van der Waals surface area contributed by atoms with Crippen molar-refractivity contribution in [1.82, 2.24) is 9.71 Å². The third-order valence-corrected chi connectivity index (χ3v) is 5.08. The Bertz CT molecular complexity index is 899. The van der Waals surface area contributed by atoms with Gasteiger partial charge in [-0.1, -0.05) is 6.07 Å². The number of carbonyl (C=O) groups is 2. The van der Waals surface area contributed by atoms with Crippen molar-refractivity contribution in [2.24, 2.45) is 0 Å². The Balaban J connectivity index is 0.00000114. The number of carboxylic acids is 1. The number of carboxylic acid groups (broad SMARTS) is 2. The van der Waals surface area contributed by atoms with Crippen LogP contribution in [0.1, 0.15) is 21.5 Å². The molecule has 0 unspecified atom stereocenters. The normalized spacial score (nSPS) is 10.4. The molecule has 0 aliphatic heterocycles. The zero-order valence-electron chi connectivity index (χ0n) is 14.8. The van der Waals surface area contributed by atoms with Crippen molar-refractivity contribution in [2.75, 3.05) is 18.4 Å². The summed E-state index contributed by atoms with van der Waals surface area (Å²) in [5.74, 6) is -1.17. The number of pyridine rings is 1. The Morgan fingerprint density at radius 2 is 1.85 bits per heavy atom. The van der Waals surface area contributed by atoms with Crippen molar-refractivity contribution in [1.29, 1.82) is 0 Å². The van der Waals surface area contributed by atoms with Gasteiger partial charge in [-0.3, -0.25) is 9.78 Å². The van der Waals surface area contributed by atoms with Crippen LogP contribution in [0.25, 0.3) is 0 Å². The molecule has 27 heavy (non-hydrogen) atoms. The van der Waals surface area contributed by atoms with Crippen LogP contribution in [-0.2, 0) is 14.8 Å². The lowest BCUT2D eigenvalue weighted by molar-refractivity contribution is -0.122. The van der Waals surface area contributed by atoms with Crippen molar-refractivity contribution in [3.63, 3.8) is 0 Å². The summed E-state index contributed by atoms with van der Waals surface area (Å²) in [6.07, 6.45) is 3.37. The Morgan fingerprint density at radius 3 is 2.44 bits per heavy atom. The molecule has 146 valence electrons. The number of anilines is 1. The van der Waals surface area contributed by atoms with Gasteiger partial charge in [-0.05, 0) is 43.2 Å². The lowest BCUT2D eigenvalue weighted by Crippen LogP contribution is -2.29. The molecule has 0 radical (unpaired) electrons. The highest BCUT2D eigenvalue weighted by Gasteiger charge is 2.18. The maximum Gasteiger partial charge on any atom is 0.335 e. The largest absolute Gasteiger partial charge is 0.483 e. The van der Waals surface area contributed by atoms with E-state index in [1.54, 1.807) is 19.3 Å². The number of hydrogen-bond donors (Lipinski definition) is 4. The van der Waals surface area contributed by atoms with Crippen LogP contribution in [0.4, 0.5) is 5.69 Å². The molecule has 0 fully saturated rings. The fourth-order valence-corrected chi connectivity index (χ4v) is 3.46. The number of nitrogens with zero attached hydrogens (tertiary/aromatic N) is 1. The Hall–Kier alpha value is -2.98. The predicted octanol–water partition coefficient (Wildman–Crippen LogP) is 1.49. The summed E-state index contributed by atoms with van der Waals surface area (Å²) in [5.41, 5.74) is 2.27. The molecule has 0 amide bonds. The first-order chi connectivity index (χ1) is 12.7. The van der Waals surface area contributed by atoms with E-state index in [1.807, 2.05) is 13.0 Å². The number of benzene rings is 1. The highest BCUT2D eigenvalue weighted by Crippen LogP contribution is 2.17. The van der Waals surface area contributed by atoms with Crippen LogP contribution < -0.4 is 10.0 Å². The van der Waals surface area contributed by atoms with Crippen LogP contribution in [0, 0.1) is 13.8 Å². The van der Waals surface area contributed by atoms with Gasteiger partial charge in [-0.2, -0.15) is 0 Å². The van der Waals surface area contributed by atoms with Gasteiger partial charge in [0.1, 0.15) is 0 Å². The minimum Gasteiger partial charge on any atom is -0.483 e. The average Bonchev–Trinajstić information content (AvgIpc) is 2.61. The van der Waals surface area contributed by atoms with Crippen LogP contribution in [0.5, 0.6) is 0 Å². The van der Waals surface area contributed by atoms with Crippen LogP contribution in [-0.4, -0.2) is 49.1 Å². The number of aromatic carboxylic acids is 1. The van der Waals surface area contributed by atoms with Gasteiger partial charge in [0.15, 0.2) is 0 Å². The second-order valence-electron chi connectivity index (χ2n) is 5.41. The number of rotatable bonds is 7. The van der Waals surface area contributed by atoms with Gasteiger partial charge in [-0.15, -0.1) is 0 Å². The van der Waals surface area contributed by atoms with Crippen molar-refractivity contribution >= 4 is 28.2 Å². The van der Waals surface area contributed by atoms with E-state index in [-0.39, 0.29) is 23.5 Å². The summed E-state index contributed by atoms with van der Waals surface area (Å²) in [6, 6.07) is 5.84. The van der Waals surface area contributed by atoms with Crippen LogP contribution >= 0.6 is 0 Å². The number of aryl methyl sites for hydroxylation is 2. The molecule has 0 atom stereocenters. The molecular formula is C17H21N3O6S. The molecule has 1 aromatic carbocycles. The molecule has 1 heterocycles. The summed E-state index contributed by atoms with van der Waals surface area (Å²) in [6.45, 7) is 3.83. The van der Waals surface area contributed by atoms with E-state index in [2.05, 4.69) is 15.0 Å². The molecule has 0 aliphatic rings. The van der Waals surface area contributed by atoms with Crippen LogP contribution in [0.3, 0.4) is 0 Å². The molecule has 1 aromatic heterocycles. The topological polar surface area (TPSA) is 146 Å². The second kappa shape index (κ2) is 10.2. The standard InChI is InChI=1S/C16H19N3O4S.CH2O2/c1-11-3-4-13(16(20)21)9-15(11)24(22,23)19-8-7-18-14-5-6-17-10-12(14)2;2-1-3/h3-6,9-10,19H,7-8H2,1-2H3,(H,17,18)(H,20,21);1H,(H,2,3). The Labute approximate surface area is 157 Å². The number of hydrogen-bond acceptors (Lipinski definition) is 6. The zero-order chi connectivity index (χ0) is 20.4. The van der Waals surface area contributed by atoms with Crippen molar-refractivity contribution in [2.45, 2.75) is 18.7 Å². The van der Waals surface area contributed by atoms with Gasteiger partial charge < -0.3 is 15.5 Å². The summed E-state index contributed by atoms with van der Waals surface area (Å²) in [5, 5.41) is 19.0. The molecule has 0 spiro atoms. The first-order valence-corrected chi connectivity index (χ1v) is 9.27. The Kier molecular flexibility index (Phi) is 8.36. The maximum absolute atomic E-state index is 12.4. The molecule has 9 nitrogen and oxygen atoms in total. The summed E-state index contributed by atoms with van der Waals surface area (Å²) in [7, 11) is -3.78. The lowest BCUT2D eigenvalue weighted by Gasteiger charge is -2.12. The fraction of sp³-hybridized carbons (Fsp3) is 0.235. The zero-order valence-corrected chi connectivity index (χ0v) is 15.7. The maximum atomic E-state index is 12.4. The first kappa shape index (κ1) is 22.1. The van der Waals surface area contributed by atoms with E-state index in [9.17, 15) is 13.2 Å². The van der Waals surface area contributed by atoms with E-state index in [1.165, 1.54) is 18.2 Å². The number of aromatic nitrogens is 1. The molecule has 4 N–H and O–H groups in total. The van der Waals surface area contributed by atoms with Gasteiger partial charge in [-0.25, -0.2) is 17.9 Å². The van der Waals surface area contributed by atoms with Gasteiger partial charge in [0, 0.05) is 31.2 Å². The van der Waals surface area contributed by atoms with Crippen molar-refractivity contribution < 1.29 is 28.2 Å². The van der Waals surface area contributed by atoms with Gasteiger partial charge in [0.05, 0.1) is 10.5 Å². The second-order valence-corrected chi connectivity index (χ2v) is 7.14. The van der Waals surface area contributed by atoms with Gasteiger partial charge >= 0.3 is 5.97 Å². The van der Waals surface area contributed by atoms with E-state index in [0.29, 0.717) is 12.1 Å². The molecular weight excluding hydrogens is 374 g/mol. The van der Waals surface area contributed by atoms with Crippen molar-refractivity contribution in [3.8, 4) is 0 Å². The number of nitrogens with one attached hydrogen (secondary N) is 2. The van der Waals surface area contributed by atoms with Gasteiger partial charge in [0.2, 0.25) is 10.0 Å². The van der Waals surface area contributed by atoms with E-state index >= 15 is 0 Å². The molecule has 0 bridgehead atoms. The third kappa shape index (κ3) is 6.68. The Morgan fingerprint density at radius 1 is 1.19 bits per heavy atom.